The van der Waals surface area contributed by atoms with Crippen LogP contribution in [0.1, 0.15) is 65.7 Å². The molecule has 0 radical (unpaired) electrons. The maximum absolute atomic E-state index is 13.3. The molecule has 0 aromatic carbocycles. The number of alkyl halides is 3. The minimum absolute atomic E-state index is 0.0763. The van der Waals surface area contributed by atoms with Gasteiger partial charge in [0.25, 0.3) is 0 Å². The minimum Gasteiger partial charge on any atom is -0.193 e. The van der Waals surface area contributed by atoms with Gasteiger partial charge in [-0.2, -0.15) is 18.4 Å². The van der Waals surface area contributed by atoms with Gasteiger partial charge in [0.15, 0.2) is 0 Å². The summed E-state index contributed by atoms with van der Waals surface area (Å²) < 4.78 is 39.9. The molecular formula is C23H30F3N. The molecule has 148 valence electrons. The fraction of sp³-hybridized carbons (Fsp3) is 0.783. The average molecular weight is 377 g/mol. The molecule has 4 heteroatoms. The average Bonchev–Trinajstić information content (AvgIpc) is 2.89. The van der Waals surface area contributed by atoms with E-state index in [2.05, 4.69) is 26.8 Å². The highest BCUT2D eigenvalue weighted by molar-refractivity contribution is 5.31. The van der Waals surface area contributed by atoms with Crippen LogP contribution in [0.25, 0.3) is 0 Å². The molecule has 1 nitrogen and oxygen atoms in total. The van der Waals surface area contributed by atoms with Gasteiger partial charge in [0, 0.05) is 6.08 Å². The second-order valence-corrected chi connectivity index (χ2v) is 10.1. The van der Waals surface area contributed by atoms with Crippen LogP contribution >= 0.6 is 0 Å². The number of nitrogens with zero attached hydrogens (tertiary/aromatic N) is 1. The molecule has 27 heavy (non-hydrogen) atoms. The highest BCUT2D eigenvalue weighted by Gasteiger charge is 2.60. The Morgan fingerprint density at radius 2 is 1.89 bits per heavy atom. The molecule has 3 fully saturated rings. The normalized spacial score (nSPS) is 48.3. The largest absolute Gasteiger partial charge is 0.395 e. The van der Waals surface area contributed by atoms with Crippen LogP contribution in [0.2, 0.25) is 0 Å². The maximum atomic E-state index is 13.3. The van der Waals surface area contributed by atoms with Gasteiger partial charge in [-0.15, -0.1) is 0 Å². The lowest BCUT2D eigenvalue weighted by atomic mass is 9.44. The Bertz CT molecular complexity index is 727. The summed E-state index contributed by atoms with van der Waals surface area (Å²) in [5.74, 6) is 0.863. The molecule has 5 unspecified atom stereocenters. The number of hydrogen-bond donors (Lipinski definition) is 0. The van der Waals surface area contributed by atoms with Crippen LogP contribution in [0, 0.1) is 51.8 Å². The summed E-state index contributed by atoms with van der Waals surface area (Å²) >= 11 is 0. The van der Waals surface area contributed by atoms with E-state index in [1.54, 1.807) is 12.2 Å². The van der Waals surface area contributed by atoms with Crippen LogP contribution in [0.4, 0.5) is 13.2 Å². The third kappa shape index (κ3) is 2.71. The lowest BCUT2D eigenvalue weighted by Crippen LogP contribution is -2.53. The number of nitriles is 1. The van der Waals surface area contributed by atoms with E-state index in [9.17, 15) is 18.4 Å². The molecule has 4 aliphatic carbocycles. The molecule has 0 amide bonds. The van der Waals surface area contributed by atoms with Crippen molar-refractivity contribution >= 4 is 0 Å². The van der Waals surface area contributed by atoms with E-state index in [1.165, 1.54) is 5.57 Å². The number of fused-ring (bicyclic) bond motifs is 5. The molecule has 7 atom stereocenters. The summed E-state index contributed by atoms with van der Waals surface area (Å²) in [6.07, 6.45) is 5.22. The first-order valence-corrected chi connectivity index (χ1v) is 10.5. The number of hydrogen-bond acceptors (Lipinski definition) is 1. The van der Waals surface area contributed by atoms with Crippen molar-refractivity contribution in [3.05, 3.63) is 23.3 Å². The van der Waals surface area contributed by atoms with Crippen LogP contribution in [0.3, 0.4) is 0 Å². The van der Waals surface area contributed by atoms with Gasteiger partial charge >= 0.3 is 6.18 Å². The van der Waals surface area contributed by atoms with Crippen molar-refractivity contribution in [2.45, 2.75) is 71.9 Å². The zero-order valence-electron chi connectivity index (χ0n) is 16.6. The van der Waals surface area contributed by atoms with Crippen molar-refractivity contribution in [2.24, 2.45) is 40.4 Å². The molecule has 0 bridgehead atoms. The Kier molecular flexibility index (Phi) is 4.33. The molecule has 0 saturated heterocycles. The monoisotopic (exact) mass is 377 g/mol. The summed E-state index contributed by atoms with van der Waals surface area (Å²) in [5.41, 5.74) is 2.43. The quantitative estimate of drug-likeness (QED) is 0.335. The molecule has 0 aliphatic heterocycles. The van der Waals surface area contributed by atoms with Gasteiger partial charge in [0.05, 0.1) is 12.0 Å². The van der Waals surface area contributed by atoms with Crippen molar-refractivity contribution in [1.29, 1.82) is 5.26 Å². The van der Waals surface area contributed by atoms with Gasteiger partial charge in [-0.05, 0) is 79.4 Å². The third-order valence-corrected chi connectivity index (χ3v) is 8.87. The van der Waals surface area contributed by atoms with Gasteiger partial charge in [-0.25, -0.2) is 0 Å². The summed E-state index contributed by atoms with van der Waals surface area (Å²) in [4.78, 5) is 0. The van der Waals surface area contributed by atoms with Crippen molar-refractivity contribution in [3.63, 3.8) is 0 Å². The van der Waals surface area contributed by atoms with E-state index in [-0.39, 0.29) is 17.3 Å². The molecular weight excluding hydrogens is 347 g/mol. The molecule has 0 N–H and O–H groups in total. The van der Waals surface area contributed by atoms with E-state index in [0.29, 0.717) is 30.1 Å². The lowest BCUT2D eigenvalue weighted by molar-refractivity contribution is -0.169. The zero-order chi connectivity index (χ0) is 19.6. The smallest absolute Gasteiger partial charge is 0.193 e. The Morgan fingerprint density at radius 1 is 1.15 bits per heavy atom. The van der Waals surface area contributed by atoms with Crippen LogP contribution in [0.15, 0.2) is 23.3 Å². The van der Waals surface area contributed by atoms with Gasteiger partial charge < -0.3 is 0 Å². The highest BCUT2D eigenvalue weighted by atomic mass is 19.4. The Hall–Kier alpha value is -1.24. The fourth-order valence-electron chi connectivity index (χ4n) is 7.85. The fourth-order valence-corrected chi connectivity index (χ4v) is 7.85. The van der Waals surface area contributed by atoms with Crippen molar-refractivity contribution < 1.29 is 13.2 Å². The molecule has 0 aromatic heterocycles. The molecule has 4 rings (SSSR count). The second-order valence-electron chi connectivity index (χ2n) is 10.1. The Morgan fingerprint density at radius 3 is 2.56 bits per heavy atom. The summed E-state index contributed by atoms with van der Waals surface area (Å²) in [5, 5.41) is 9.19. The zero-order valence-corrected chi connectivity index (χ0v) is 16.6. The van der Waals surface area contributed by atoms with Gasteiger partial charge in [-0.1, -0.05) is 38.0 Å². The van der Waals surface area contributed by atoms with Crippen molar-refractivity contribution in [2.75, 3.05) is 0 Å². The first-order valence-electron chi connectivity index (χ1n) is 10.5. The predicted molar refractivity (Wildman–Crippen MR) is 99.5 cm³/mol. The van der Waals surface area contributed by atoms with Gasteiger partial charge in [0.1, 0.15) is 0 Å². The molecule has 0 aromatic rings. The first kappa shape index (κ1) is 19.1. The second kappa shape index (κ2) is 6.13. The molecule has 4 aliphatic rings. The SMILES string of the molecule is C[C@H]1CC2(C)/C(=C\C#N)CCC2C2CCC3=C[C@@H](C(F)(F)F)CCC3(C)C21. The summed E-state index contributed by atoms with van der Waals surface area (Å²) in [6.45, 7) is 6.91. The first-order chi connectivity index (χ1) is 12.6. The van der Waals surface area contributed by atoms with E-state index in [0.717, 1.165) is 37.7 Å². The summed E-state index contributed by atoms with van der Waals surface area (Å²) in [7, 11) is 0. The molecule has 0 spiro atoms. The molecule has 0 heterocycles. The number of halogens is 3. The van der Waals surface area contributed by atoms with Crippen LogP contribution in [0.5, 0.6) is 0 Å². The maximum Gasteiger partial charge on any atom is 0.395 e. The minimum atomic E-state index is -4.11. The topological polar surface area (TPSA) is 23.8 Å². The predicted octanol–water partition coefficient (Wildman–Crippen LogP) is 6.82. The number of rotatable bonds is 0. The lowest BCUT2D eigenvalue weighted by Gasteiger charge is -2.60. The highest BCUT2D eigenvalue weighted by Crippen LogP contribution is 2.68. The van der Waals surface area contributed by atoms with Crippen LogP contribution in [-0.2, 0) is 0 Å². The van der Waals surface area contributed by atoms with E-state index >= 15 is 0 Å². The van der Waals surface area contributed by atoms with Gasteiger partial charge in [0.2, 0.25) is 0 Å². The van der Waals surface area contributed by atoms with Crippen LogP contribution < -0.4 is 0 Å². The third-order valence-electron chi connectivity index (χ3n) is 8.87. The Labute approximate surface area is 160 Å². The standard InChI is InChI=1S/C23H30F3N/c1-14-13-22(3)15(9-11-27)5-7-19(22)18-6-4-16-12-17(23(24,25)26)8-10-21(16,2)20(14)18/h9,12,14,17-20H,4-8,10,13H2,1-3H3/b15-9-/t14-,17-,18?,19?,20?,21?,22?/m0/s1. The molecule has 3 saturated carbocycles. The summed E-state index contributed by atoms with van der Waals surface area (Å²) in [6, 6.07) is 2.25. The van der Waals surface area contributed by atoms with E-state index < -0.39 is 12.1 Å². The van der Waals surface area contributed by atoms with Crippen molar-refractivity contribution in [1.82, 2.24) is 0 Å². The number of allylic oxidation sites excluding steroid dienone is 4. The van der Waals surface area contributed by atoms with E-state index in [4.69, 9.17) is 0 Å². The van der Waals surface area contributed by atoms with E-state index in [1.807, 2.05) is 0 Å². The van der Waals surface area contributed by atoms with Gasteiger partial charge in [-0.3, -0.25) is 0 Å². The Balaban J connectivity index is 1.69. The van der Waals surface area contributed by atoms with Crippen molar-refractivity contribution in [3.8, 4) is 6.07 Å². The van der Waals surface area contributed by atoms with Crippen LogP contribution in [-0.4, -0.2) is 6.18 Å².